The summed E-state index contributed by atoms with van der Waals surface area (Å²) < 4.78 is 0. The third-order valence-corrected chi connectivity index (χ3v) is 4.10. The van der Waals surface area contributed by atoms with Gasteiger partial charge in [0.05, 0.1) is 11.8 Å². The summed E-state index contributed by atoms with van der Waals surface area (Å²) >= 11 is 0. The lowest BCUT2D eigenvalue weighted by atomic mass is 9.64. The van der Waals surface area contributed by atoms with Gasteiger partial charge < -0.3 is 10.4 Å². The Morgan fingerprint density at radius 3 is 2.88 bits per heavy atom. The van der Waals surface area contributed by atoms with Crippen LogP contribution >= 0.6 is 0 Å². The second-order valence-electron chi connectivity index (χ2n) is 5.47. The van der Waals surface area contributed by atoms with Gasteiger partial charge in [-0.1, -0.05) is 26.8 Å². The highest BCUT2D eigenvalue weighted by Gasteiger charge is 2.46. The molecule has 0 aromatic carbocycles. The Morgan fingerprint density at radius 1 is 1.53 bits per heavy atom. The first kappa shape index (κ1) is 12.5. The Bertz CT molecular complexity index is 390. The fraction of sp³-hybridized carbons (Fsp3) is 0.643. The zero-order valence-electron chi connectivity index (χ0n) is 10.9. The summed E-state index contributed by atoms with van der Waals surface area (Å²) in [5, 5.41) is 13.2. The SMILES string of the molecule is CCc1cccnc1CNC1CC(O)C1(C)C. The molecule has 3 nitrogen and oxygen atoms in total. The molecular weight excluding hydrogens is 212 g/mol. The summed E-state index contributed by atoms with van der Waals surface area (Å²) in [6, 6.07) is 4.51. The lowest BCUT2D eigenvalue weighted by Gasteiger charge is -2.49. The van der Waals surface area contributed by atoms with Crippen molar-refractivity contribution in [3.63, 3.8) is 0 Å². The topological polar surface area (TPSA) is 45.2 Å². The zero-order chi connectivity index (χ0) is 12.5. The molecule has 0 saturated heterocycles. The van der Waals surface area contributed by atoms with Gasteiger partial charge in [-0.25, -0.2) is 0 Å². The summed E-state index contributed by atoms with van der Waals surface area (Å²) in [4.78, 5) is 4.42. The van der Waals surface area contributed by atoms with Gasteiger partial charge in [0.25, 0.3) is 0 Å². The highest BCUT2D eigenvalue weighted by Crippen LogP contribution is 2.40. The van der Waals surface area contributed by atoms with Gasteiger partial charge in [0.1, 0.15) is 0 Å². The van der Waals surface area contributed by atoms with Crippen molar-refractivity contribution < 1.29 is 5.11 Å². The highest BCUT2D eigenvalue weighted by atomic mass is 16.3. The van der Waals surface area contributed by atoms with Gasteiger partial charge in [-0.05, 0) is 24.5 Å². The van der Waals surface area contributed by atoms with E-state index in [0.717, 1.165) is 25.1 Å². The Hall–Kier alpha value is -0.930. The first-order chi connectivity index (χ1) is 8.05. The van der Waals surface area contributed by atoms with Crippen LogP contribution in [0.4, 0.5) is 0 Å². The third-order valence-electron chi connectivity index (χ3n) is 4.10. The van der Waals surface area contributed by atoms with Gasteiger partial charge in [0.2, 0.25) is 0 Å². The minimum absolute atomic E-state index is 0.0127. The summed E-state index contributed by atoms with van der Waals surface area (Å²) in [6.45, 7) is 7.17. The number of nitrogens with zero attached hydrogens (tertiary/aromatic N) is 1. The monoisotopic (exact) mass is 234 g/mol. The van der Waals surface area contributed by atoms with Crippen LogP contribution in [-0.2, 0) is 13.0 Å². The van der Waals surface area contributed by atoms with Crippen molar-refractivity contribution in [1.29, 1.82) is 0 Å². The molecule has 1 saturated carbocycles. The largest absolute Gasteiger partial charge is 0.392 e. The summed E-state index contributed by atoms with van der Waals surface area (Å²) in [5.74, 6) is 0. The molecule has 0 amide bonds. The predicted octanol–water partition coefficient (Wildman–Crippen LogP) is 1.89. The van der Waals surface area contributed by atoms with Crippen molar-refractivity contribution in [1.82, 2.24) is 10.3 Å². The number of aryl methyl sites for hydroxylation is 1. The number of hydrogen-bond acceptors (Lipinski definition) is 3. The molecule has 0 bridgehead atoms. The van der Waals surface area contributed by atoms with Crippen molar-refractivity contribution in [3.8, 4) is 0 Å². The predicted molar refractivity (Wildman–Crippen MR) is 68.6 cm³/mol. The number of pyridine rings is 1. The van der Waals surface area contributed by atoms with Crippen LogP contribution in [0.5, 0.6) is 0 Å². The maximum atomic E-state index is 9.69. The maximum absolute atomic E-state index is 9.69. The molecule has 0 spiro atoms. The first-order valence-corrected chi connectivity index (χ1v) is 6.40. The molecular formula is C14H22N2O. The number of aliphatic hydroxyl groups excluding tert-OH is 1. The molecule has 0 aliphatic heterocycles. The van der Waals surface area contributed by atoms with Crippen molar-refractivity contribution in [2.75, 3.05) is 0 Å². The van der Waals surface area contributed by atoms with Gasteiger partial charge in [0, 0.05) is 24.2 Å². The van der Waals surface area contributed by atoms with Gasteiger partial charge in [-0.3, -0.25) is 4.98 Å². The van der Waals surface area contributed by atoms with Gasteiger partial charge in [-0.15, -0.1) is 0 Å². The van der Waals surface area contributed by atoms with E-state index in [1.54, 1.807) is 0 Å². The van der Waals surface area contributed by atoms with E-state index >= 15 is 0 Å². The van der Waals surface area contributed by atoms with Gasteiger partial charge in [-0.2, -0.15) is 0 Å². The van der Waals surface area contributed by atoms with Crippen LogP contribution in [0, 0.1) is 5.41 Å². The molecule has 2 unspecified atom stereocenters. The van der Waals surface area contributed by atoms with Crippen LogP contribution in [0.3, 0.4) is 0 Å². The van der Waals surface area contributed by atoms with Gasteiger partial charge in [0.15, 0.2) is 0 Å². The number of hydrogen-bond donors (Lipinski definition) is 2. The third kappa shape index (κ3) is 2.35. The first-order valence-electron chi connectivity index (χ1n) is 6.40. The fourth-order valence-corrected chi connectivity index (χ4v) is 2.42. The van der Waals surface area contributed by atoms with Crippen LogP contribution in [0.15, 0.2) is 18.3 Å². The van der Waals surface area contributed by atoms with E-state index in [9.17, 15) is 5.11 Å². The molecule has 1 aromatic rings. The quantitative estimate of drug-likeness (QED) is 0.836. The molecule has 3 heteroatoms. The molecule has 0 radical (unpaired) electrons. The Labute approximate surface area is 103 Å². The van der Waals surface area contributed by atoms with E-state index in [2.05, 4.69) is 37.1 Å². The Balaban J connectivity index is 1.95. The normalized spacial score (nSPS) is 26.6. The zero-order valence-corrected chi connectivity index (χ0v) is 10.9. The minimum Gasteiger partial charge on any atom is -0.392 e. The minimum atomic E-state index is -0.172. The molecule has 1 aliphatic rings. The van der Waals surface area contributed by atoms with Crippen molar-refractivity contribution in [2.45, 2.75) is 52.3 Å². The second-order valence-corrected chi connectivity index (χ2v) is 5.47. The van der Waals surface area contributed by atoms with Crippen LogP contribution < -0.4 is 5.32 Å². The van der Waals surface area contributed by atoms with Crippen LogP contribution in [0.25, 0.3) is 0 Å². The van der Waals surface area contributed by atoms with Crippen molar-refractivity contribution in [2.24, 2.45) is 5.41 Å². The Morgan fingerprint density at radius 2 is 2.29 bits per heavy atom. The lowest BCUT2D eigenvalue weighted by molar-refractivity contribution is -0.0730. The van der Waals surface area contributed by atoms with Crippen LogP contribution in [0.1, 0.15) is 38.4 Å². The molecule has 2 N–H and O–H groups in total. The molecule has 1 fully saturated rings. The van der Waals surface area contributed by atoms with E-state index in [1.807, 2.05) is 12.3 Å². The molecule has 2 rings (SSSR count). The molecule has 1 aromatic heterocycles. The summed E-state index contributed by atoms with van der Waals surface area (Å²) in [7, 11) is 0. The average molecular weight is 234 g/mol. The molecule has 1 aliphatic carbocycles. The number of nitrogens with one attached hydrogen (secondary N) is 1. The van der Waals surface area contributed by atoms with Crippen molar-refractivity contribution in [3.05, 3.63) is 29.6 Å². The van der Waals surface area contributed by atoms with E-state index < -0.39 is 0 Å². The number of rotatable bonds is 4. The smallest absolute Gasteiger partial charge is 0.0621 e. The summed E-state index contributed by atoms with van der Waals surface area (Å²) in [5.41, 5.74) is 2.42. The van der Waals surface area contributed by atoms with E-state index in [4.69, 9.17) is 0 Å². The molecule has 94 valence electrons. The highest BCUT2D eigenvalue weighted by molar-refractivity contribution is 5.19. The average Bonchev–Trinajstić information content (AvgIpc) is 2.34. The lowest BCUT2D eigenvalue weighted by Crippen LogP contribution is -2.59. The number of aromatic nitrogens is 1. The van der Waals surface area contributed by atoms with E-state index in [1.165, 1.54) is 5.56 Å². The van der Waals surface area contributed by atoms with E-state index in [-0.39, 0.29) is 11.5 Å². The molecule has 17 heavy (non-hydrogen) atoms. The number of aliphatic hydroxyl groups is 1. The van der Waals surface area contributed by atoms with Crippen LogP contribution in [0.2, 0.25) is 0 Å². The summed E-state index contributed by atoms with van der Waals surface area (Å²) in [6.07, 6.45) is 3.54. The van der Waals surface area contributed by atoms with E-state index in [0.29, 0.717) is 6.04 Å². The molecule has 2 atom stereocenters. The Kier molecular flexibility index (Phi) is 3.50. The van der Waals surface area contributed by atoms with Crippen LogP contribution in [-0.4, -0.2) is 22.2 Å². The second kappa shape index (κ2) is 4.75. The fourth-order valence-electron chi connectivity index (χ4n) is 2.42. The standard InChI is InChI=1S/C14H22N2O/c1-4-10-6-5-7-15-11(10)9-16-12-8-13(17)14(12,2)3/h5-7,12-13,16-17H,4,8-9H2,1-3H3. The van der Waals surface area contributed by atoms with Crippen molar-refractivity contribution >= 4 is 0 Å². The van der Waals surface area contributed by atoms with Gasteiger partial charge >= 0.3 is 0 Å². The maximum Gasteiger partial charge on any atom is 0.0621 e. The molecule has 1 heterocycles.